The van der Waals surface area contributed by atoms with E-state index in [9.17, 15) is 0 Å². The lowest BCUT2D eigenvalue weighted by molar-refractivity contribution is 0.501. The minimum atomic E-state index is -0.0945. The van der Waals surface area contributed by atoms with Gasteiger partial charge >= 0.3 is 0 Å². The van der Waals surface area contributed by atoms with Gasteiger partial charge in [0.2, 0.25) is 0 Å². The fraction of sp³-hybridized carbons (Fsp3) is 0.235. The molecule has 3 rings (SSSR count). The third-order valence-corrected chi connectivity index (χ3v) is 3.57. The summed E-state index contributed by atoms with van der Waals surface area (Å²) in [6.07, 6.45) is 0.610. The topological polar surface area (TPSA) is 52.0 Å². The zero-order chi connectivity index (χ0) is 14.1. The van der Waals surface area contributed by atoms with Crippen molar-refractivity contribution >= 4 is 11.1 Å². The summed E-state index contributed by atoms with van der Waals surface area (Å²) in [5.41, 5.74) is 11.6. The highest BCUT2D eigenvalue weighted by atomic mass is 16.3. The van der Waals surface area contributed by atoms with Crippen LogP contribution in [-0.2, 0) is 6.42 Å². The summed E-state index contributed by atoms with van der Waals surface area (Å²) in [7, 11) is 0. The Hall–Kier alpha value is -2.13. The first-order chi connectivity index (χ1) is 9.63. The van der Waals surface area contributed by atoms with Crippen LogP contribution < -0.4 is 5.73 Å². The molecular formula is C17H18N2O. The third-order valence-electron chi connectivity index (χ3n) is 3.57. The molecule has 102 valence electrons. The van der Waals surface area contributed by atoms with Crippen molar-refractivity contribution in [2.24, 2.45) is 5.73 Å². The predicted octanol–water partition coefficient (Wildman–Crippen LogP) is 3.69. The van der Waals surface area contributed by atoms with Gasteiger partial charge in [0.15, 0.2) is 11.5 Å². The average molecular weight is 266 g/mol. The fourth-order valence-corrected chi connectivity index (χ4v) is 2.46. The maximum absolute atomic E-state index is 6.32. The van der Waals surface area contributed by atoms with Crippen LogP contribution >= 0.6 is 0 Å². The normalized spacial score (nSPS) is 12.8. The van der Waals surface area contributed by atoms with Crippen LogP contribution in [0.3, 0.4) is 0 Å². The van der Waals surface area contributed by atoms with E-state index in [2.05, 4.69) is 37.0 Å². The van der Waals surface area contributed by atoms with Gasteiger partial charge in [-0.3, -0.25) is 0 Å². The highest BCUT2D eigenvalue weighted by Crippen LogP contribution is 2.23. The second-order valence-electron chi connectivity index (χ2n) is 5.25. The van der Waals surface area contributed by atoms with Crippen LogP contribution in [-0.4, -0.2) is 4.98 Å². The molecule has 20 heavy (non-hydrogen) atoms. The number of rotatable bonds is 3. The van der Waals surface area contributed by atoms with Crippen LogP contribution in [0.2, 0.25) is 0 Å². The molecule has 0 saturated heterocycles. The second kappa shape index (κ2) is 5.10. The smallest absolute Gasteiger partial charge is 0.197 e. The summed E-state index contributed by atoms with van der Waals surface area (Å²) in [6, 6.07) is 14.0. The number of oxazole rings is 1. The number of fused-ring (bicyclic) bond motifs is 1. The van der Waals surface area contributed by atoms with E-state index in [0.717, 1.165) is 16.7 Å². The number of hydrogen-bond acceptors (Lipinski definition) is 3. The number of nitrogens with two attached hydrogens (primary N) is 1. The van der Waals surface area contributed by atoms with Gasteiger partial charge < -0.3 is 10.2 Å². The van der Waals surface area contributed by atoms with Crippen molar-refractivity contribution in [3.63, 3.8) is 0 Å². The van der Waals surface area contributed by atoms with E-state index in [1.165, 1.54) is 11.1 Å². The summed E-state index contributed by atoms with van der Waals surface area (Å²) in [6.45, 7) is 4.16. The molecule has 0 bridgehead atoms. The molecule has 1 unspecified atom stereocenters. The van der Waals surface area contributed by atoms with Crippen molar-refractivity contribution in [3.05, 3.63) is 65.0 Å². The van der Waals surface area contributed by atoms with Gasteiger partial charge in [-0.2, -0.15) is 0 Å². The van der Waals surface area contributed by atoms with Gasteiger partial charge in [0.05, 0.1) is 0 Å². The van der Waals surface area contributed by atoms with E-state index in [1.54, 1.807) is 0 Å². The molecule has 3 nitrogen and oxygen atoms in total. The monoisotopic (exact) mass is 266 g/mol. The van der Waals surface area contributed by atoms with Crippen molar-refractivity contribution in [1.29, 1.82) is 0 Å². The Bertz CT molecular complexity index is 713. The van der Waals surface area contributed by atoms with Gasteiger partial charge in [0.25, 0.3) is 0 Å². The lowest BCUT2D eigenvalue weighted by Gasteiger charge is -2.13. The lowest BCUT2D eigenvalue weighted by atomic mass is 9.97. The standard InChI is InChI=1S/C17H18N2O/c1-11-7-8-12(2)13(9-11)14(18)10-17-19-15-5-3-4-6-16(15)20-17/h3-9,14H,10,18H2,1-2H3. The fourth-order valence-electron chi connectivity index (χ4n) is 2.46. The Kier molecular flexibility index (Phi) is 3.28. The molecule has 0 fully saturated rings. The van der Waals surface area contributed by atoms with Crippen LogP contribution in [0.4, 0.5) is 0 Å². The first-order valence-electron chi connectivity index (χ1n) is 6.80. The van der Waals surface area contributed by atoms with Gasteiger partial charge in [0, 0.05) is 12.5 Å². The summed E-state index contributed by atoms with van der Waals surface area (Å²) < 4.78 is 5.74. The number of aromatic nitrogens is 1. The average Bonchev–Trinajstić information content (AvgIpc) is 2.83. The van der Waals surface area contributed by atoms with Crippen molar-refractivity contribution < 1.29 is 4.42 Å². The summed E-state index contributed by atoms with van der Waals surface area (Å²) >= 11 is 0. The van der Waals surface area contributed by atoms with Crippen molar-refractivity contribution in [2.75, 3.05) is 0 Å². The first kappa shape index (κ1) is 12.9. The van der Waals surface area contributed by atoms with Gasteiger partial charge in [-0.1, -0.05) is 35.9 Å². The van der Waals surface area contributed by atoms with Crippen LogP contribution in [0.15, 0.2) is 46.9 Å². The quantitative estimate of drug-likeness (QED) is 0.786. The molecule has 3 aromatic rings. The van der Waals surface area contributed by atoms with E-state index in [-0.39, 0.29) is 6.04 Å². The Labute approximate surface area is 118 Å². The van der Waals surface area contributed by atoms with E-state index >= 15 is 0 Å². The molecule has 0 aliphatic rings. The Balaban J connectivity index is 1.88. The number of aryl methyl sites for hydroxylation is 2. The zero-order valence-corrected chi connectivity index (χ0v) is 11.8. The molecule has 2 aromatic carbocycles. The molecule has 3 heteroatoms. The van der Waals surface area contributed by atoms with Crippen LogP contribution in [0, 0.1) is 13.8 Å². The first-order valence-corrected chi connectivity index (χ1v) is 6.80. The predicted molar refractivity (Wildman–Crippen MR) is 80.6 cm³/mol. The van der Waals surface area contributed by atoms with Crippen LogP contribution in [0.1, 0.15) is 28.6 Å². The number of para-hydroxylation sites is 2. The third kappa shape index (κ3) is 2.45. The van der Waals surface area contributed by atoms with E-state index < -0.39 is 0 Å². The van der Waals surface area contributed by atoms with Crippen LogP contribution in [0.5, 0.6) is 0 Å². The molecule has 0 aliphatic carbocycles. The molecule has 1 atom stereocenters. The molecule has 0 spiro atoms. The Morgan fingerprint density at radius 3 is 2.75 bits per heavy atom. The lowest BCUT2D eigenvalue weighted by Crippen LogP contribution is -2.15. The zero-order valence-electron chi connectivity index (χ0n) is 11.8. The minimum Gasteiger partial charge on any atom is -0.441 e. The molecule has 1 heterocycles. The van der Waals surface area contributed by atoms with Crippen molar-refractivity contribution in [1.82, 2.24) is 4.98 Å². The van der Waals surface area contributed by atoms with Gasteiger partial charge in [-0.15, -0.1) is 0 Å². The highest BCUT2D eigenvalue weighted by molar-refractivity contribution is 5.72. The summed E-state index contributed by atoms with van der Waals surface area (Å²) in [5, 5.41) is 0. The molecule has 0 saturated carbocycles. The number of hydrogen-bond donors (Lipinski definition) is 1. The molecule has 0 radical (unpaired) electrons. The highest BCUT2D eigenvalue weighted by Gasteiger charge is 2.14. The largest absolute Gasteiger partial charge is 0.441 e. The molecule has 2 N–H and O–H groups in total. The number of benzene rings is 2. The minimum absolute atomic E-state index is 0.0945. The Morgan fingerprint density at radius 1 is 1.15 bits per heavy atom. The maximum Gasteiger partial charge on any atom is 0.197 e. The number of nitrogens with zero attached hydrogens (tertiary/aromatic N) is 1. The van der Waals surface area contributed by atoms with Crippen molar-refractivity contribution in [3.8, 4) is 0 Å². The van der Waals surface area contributed by atoms with E-state index in [4.69, 9.17) is 10.2 Å². The van der Waals surface area contributed by atoms with Gasteiger partial charge in [-0.05, 0) is 37.1 Å². The molecular weight excluding hydrogens is 248 g/mol. The van der Waals surface area contributed by atoms with Crippen molar-refractivity contribution in [2.45, 2.75) is 26.3 Å². The summed E-state index contributed by atoms with van der Waals surface area (Å²) in [5.74, 6) is 0.694. The maximum atomic E-state index is 6.32. The SMILES string of the molecule is Cc1ccc(C)c(C(N)Cc2nc3ccccc3o2)c1. The van der Waals surface area contributed by atoms with Gasteiger partial charge in [-0.25, -0.2) is 4.98 Å². The second-order valence-corrected chi connectivity index (χ2v) is 5.25. The van der Waals surface area contributed by atoms with E-state index in [1.807, 2.05) is 24.3 Å². The van der Waals surface area contributed by atoms with Gasteiger partial charge in [0.1, 0.15) is 5.52 Å². The molecule has 1 aromatic heterocycles. The molecule has 0 amide bonds. The molecule has 0 aliphatic heterocycles. The van der Waals surface area contributed by atoms with E-state index in [0.29, 0.717) is 12.3 Å². The van der Waals surface area contributed by atoms with Crippen LogP contribution in [0.25, 0.3) is 11.1 Å². The summed E-state index contributed by atoms with van der Waals surface area (Å²) in [4.78, 5) is 4.48. The Morgan fingerprint density at radius 2 is 1.95 bits per heavy atom.